The number of rotatable bonds is 17. The lowest BCUT2D eigenvalue weighted by molar-refractivity contribution is -0.136. The summed E-state index contributed by atoms with van der Waals surface area (Å²) < 4.78 is 13.0. The number of fused-ring (bicyclic) bond motifs is 2. The quantitative estimate of drug-likeness (QED) is 0.0722. The van der Waals surface area contributed by atoms with Crippen LogP contribution in [0, 0.1) is 6.92 Å². The van der Waals surface area contributed by atoms with Crippen molar-refractivity contribution >= 4 is 56.1 Å². The molecule has 0 spiro atoms. The van der Waals surface area contributed by atoms with Crippen molar-refractivity contribution in [2.75, 3.05) is 37.4 Å². The molecule has 1 aromatic heterocycles. The second kappa shape index (κ2) is 17.9. The monoisotopic (exact) mass is 784 g/mol. The standard InChI is InChI=1S/C41H49BrN6O5/c1-26(28-13-11-14-29(42)23-28)44-39-32-24-36(52-3)37(25-34(32)45-27(2)46-39)53-22-10-8-6-4-5-7-9-20-43-33-16-12-15-31-30(33)19-21-48(41(31)51)35-17-18-38(49)47-40(35)50/h11-16,23-26,35,43H,4-10,17-22H2,1-3H3,(H,44,45,46)(H,47,49,50)/t26-,35?/m1/s1. The van der Waals surface area contributed by atoms with E-state index in [1.54, 1.807) is 12.0 Å². The fraction of sp³-hybridized carbons (Fsp3) is 0.439. The largest absolute Gasteiger partial charge is 0.493 e. The summed E-state index contributed by atoms with van der Waals surface area (Å²) in [6, 6.07) is 17.4. The van der Waals surface area contributed by atoms with Gasteiger partial charge in [0.05, 0.1) is 25.3 Å². The summed E-state index contributed by atoms with van der Waals surface area (Å²) in [5.74, 6) is 2.00. The molecular formula is C41H49BrN6O5. The third kappa shape index (κ3) is 9.45. The minimum Gasteiger partial charge on any atom is -0.493 e. The molecular weight excluding hydrogens is 736 g/mol. The van der Waals surface area contributed by atoms with Gasteiger partial charge in [-0.05, 0) is 81.0 Å². The Labute approximate surface area is 319 Å². The summed E-state index contributed by atoms with van der Waals surface area (Å²) in [7, 11) is 1.66. The van der Waals surface area contributed by atoms with E-state index in [9.17, 15) is 14.4 Å². The van der Waals surface area contributed by atoms with Crippen LogP contribution in [0.3, 0.4) is 0 Å². The number of hydrogen-bond acceptors (Lipinski definition) is 9. The van der Waals surface area contributed by atoms with E-state index in [2.05, 4.69) is 50.9 Å². The number of ether oxygens (including phenoxy) is 2. The number of carbonyl (C=O) groups excluding carboxylic acids is 3. The highest BCUT2D eigenvalue weighted by atomic mass is 79.9. The van der Waals surface area contributed by atoms with Crippen LogP contribution < -0.4 is 25.4 Å². The van der Waals surface area contributed by atoms with Crippen LogP contribution in [0.2, 0.25) is 0 Å². The highest BCUT2D eigenvalue weighted by Gasteiger charge is 2.37. The van der Waals surface area contributed by atoms with Crippen LogP contribution in [0.5, 0.6) is 11.5 Å². The maximum absolute atomic E-state index is 13.3. The minimum atomic E-state index is -0.583. The van der Waals surface area contributed by atoms with Gasteiger partial charge < -0.3 is 25.0 Å². The molecule has 0 saturated carbocycles. The summed E-state index contributed by atoms with van der Waals surface area (Å²) in [5, 5.41) is 10.4. The van der Waals surface area contributed by atoms with Gasteiger partial charge in [0.15, 0.2) is 11.5 Å². The number of benzene rings is 3. The van der Waals surface area contributed by atoms with E-state index in [0.29, 0.717) is 48.9 Å². The van der Waals surface area contributed by atoms with Gasteiger partial charge in [-0.3, -0.25) is 19.7 Å². The Hall–Kier alpha value is -4.71. The molecule has 2 atom stereocenters. The van der Waals surface area contributed by atoms with Crippen molar-refractivity contribution < 1.29 is 23.9 Å². The molecule has 2 aliphatic rings. The summed E-state index contributed by atoms with van der Waals surface area (Å²) in [5.41, 5.74) is 4.60. The van der Waals surface area contributed by atoms with E-state index < -0.39 is 6.04 Å². The van der Waals surface area contributed by atoms with Crippen molar-refractivity contribution in [3.05, 3.63) is 81.6 Å². The number of anilines is 2. The highest BCUT2D eigenvalue weighted by Crippen LogP contribution is 2.36. The van der Waals surface area contributed by atoms with Crippen LogP contribution in [-0.4, -0.2) is 65.4 Å². The SMILES string of the molecule is COc1cc2c(N[C@H](C)c3cccc(Br)c3)nc(C)nc2cc1OCCCCCCCCCNc1cccc2c1CCN(C1CCC(=O)NC1=O)C2=O. The van der Waals surface area contributed by atoms with Crippen LogP contribution in [0.4, 0.5) is 11.5 Å². The number of methoxy groups -OCH3 is 1. The maximum atomic E-state index is 13.3. The van der Waals surface area contributed by atoms with Gasteiger partial charge in [-0.25, -0.2) is 9.97 Å². The zero-order chi connectivity index (χ0) is 37.3. The number of piperidine rings is 1. The number of amides is 3. The van der Waals surface area contributed by atoms with Gasteiger partial charge in [-0.15, -0.1) is 0 Å². The molecule has 6 rings (SSSR count). The molecule has 53 heavy (non-hydrogen) atoms. The summed E-state index contributed by atoms with van der Waals surface area (Å²) in [6.07, 6.45) is 9.05. The van der Waals surface area contributed by atoms with E-state index in [1.807, 2.05) is 49.4 Å². The van der Waals surface area contributed by atoms with Crippen LogP contribution >= 0.6 is 15.9 Å². The minimum absolute atomic E-state index is 0.0415. The lowest BCUT2D eigenvalue weighted by atomic mass is 9.94. The van der Waals surface area contributed by atoms with Crippen molar-refractivity contribution in [2.45, 2.75) is 90.1 Å². The number of halogens is 1. The smallest absolute Gasteiger partial charge is 0.254 e. The van der Waals surface area contributed by atoms with Crippen molar-refractivity contribution in [1.82, 2.24) is 20.2 Å². The highest BCUT2D eigenvalue weighted by molar-refractivity contribution is 9.10. The molecule has 3 aromatic carbocycles. The van der Waals surface area contributed by atoms with Crippen LogP contribution in [0.25, 0.3) is 10.9 Å². The first-order valence-electron chi connectivity index (χ1n) is 18.7. The number of carbonyl (C=O) groups is 3. The molecule has 2 aliphatic heterocycles. The number of aryl methyl sites for hydroxylation is 1. The van der Waals surface area contributed by atoms with Gasteiger partial charge in [0.1, 0.15) is 17.7 Å². The third-order valence-electron chi connectivity index (χ3n) is 10.0. The van der Waals surface area contributed by atoms with Gasteiger partial charge in [0, 0.05) is 46.7 Å². The number of nitrogens with one attached hydrogen (secondary N) is 3. The lowest BCUT2D eigenvalue weighted by Gasteiger charge is -2.36. The van der Waals surface area contributed by atoms with E-state index >= 15 is 0 Å². The topological polar surface area (TPSA) is 135 Å². The molecule has 3 amide bonds. The van der Waals surface area contributed by atoms with Crippen molar-refractivity contribution in [3.63, 3.8) is 0 Å². The Kier molecular flexibility index (Phi) is 12.8. The van der Waals surface area contributed by atoms with Crippen LogP contribution in [0.1, 0.15) is 98.1 Å². The zero-order valence-electron chi connectivity index (χ0n) is 30.8. The van der Waals surface area contributed by atoms with Gasteiger partial charge in [0.25, 0.3) is 5.91 Å². The Morgan fingerprint density at radius 2 is 1.72 bits per heavy atom. The molecule has 0 radical (unpaired) electrons. The number of unbranched alkanes of at least 4 members (excludes halogenated alkanes) is 6. The predicted octanol–water partition coefficient (Wildman–Crippen LogP) is 7.91. The van der Waals surface area contributed by atoms with E-state index in [-0.39, 0.29) is 30.2 Å². The Morgan fingerprint density at radius 1 is 0.943 bits per heavy atom. The van der Waals surface area contributed by atoms with Crippen LogP contribution in [-0.2, 0) is 16.0 Å². The number of aromatic nitrogens is 2. The van der Waals surface area contributed by atoms with Gasteiger partial charge in [-0.1, -0.05) is 66.2 Å². The maximum Gasteiger partial charge on any atom is 0.254 e. The normalized spacial score (nSPS) is 16.3. The molecule has 1 fully saturated rings. The average molecular weight is 786 g/mol. The first-order chi connectivity index (χ1) is 25.7. The van der Waals surface area contributed by atoms with E-state index in [4.69, 9.17) is 19.4 Å². The fourth-order valence-electron chi connectivity index (χ4n) is 7.20. The zero-order valence-corrected chi connectivity index (χ0v) is 32.4. The van der Waals surface area contributed by atoms with E-state index in [0.717, 1.165) is 76.7 Å². The van der Waals surface area contributed by atoms with E-state index in [1.165, 1.54) is 12.8 Å². The Bertz CT molecular complexity index is 1950. The van der Waals surface area contributed by atoms with Gasteiger partial charge in [-0.2, -0.15) is 0 Å². The molecule has 0 bridgehead atoms. The lowest BCUT2D eigenvalue weighted by Crippen LogP contribution is -2.56. The average Bonchev–Trinajstić information content (AvgIpc) is 3.14. The summed E-state index contributed by atoms with van der Waals surface area (Å²) in [4.78, 5) is 48.3. The number of hydrogen-bond donors (Lipinski definition) is 3. The van der Waals surface area contributed by atoms with Gasteiger partial charge >= 0.3 is 0 Å². The summed E-state index contributed by atoms with van der Waals surface area (Å²) >= 11 is 3.56. The molecule has 3 N–H and O–H groups in total. The first kappa shape index (κ1) is 38.0. The summed E-state index contributed by atoms with van der Waals surface area (Å²) in [6.45, 7) is 5.93. The molecule has 4 aromatic rings. The van der Waals surface area contributed by atoms with Crippen molar-refractivity contribution in [2.24, 2.45) is 0 Å². The molecule has 3 heterocycles. The fourth-order valence-corrected chi connectivity index (χ4v) is 7.62. The van der Waals surface area contributed by atoms with Crippen molar-refractivity contribution in [3.8, 4) is 11.5 Å². The molecule has 0 aliphatic carbocycles. The molecule has 12 heteroatoms. The molecule has 280 valence electrons. The Morgan fingerprint density at radius 3 is 2.49 bits per heavy atom. The number of nitrogens with zero attached hydrogens (tertiary/aromatic N) is 3. The number of imide groups is 1. The Balaban J connectivity index is 0.899. The van der Waals surface area contributed by atoms with Gasteiger partial charge in [0.2, 0.25) is 11.8 Å². The second-order valence-electron chi connectivity index (χ2n) is 13.9. The van der Waals surface area contributed by atoms with Crippen LogP contribution in [0.15, 0.2) is 59.1 Å². The predicted molar refractivity (Wildman–Crippen MR) is 211 cm³/mol. The molecule has 1 unspecified atom stereocenters. The second-order valence-corrected chi connectivity index (χ2v) is 14.8. The first-order valence-corrected chi connectivity index (χ1v) is 19.5. The third-order valence-corrected chi connectivity index (χ3v) is 10.5. The van der Waals surface area contributed by atoms with Crippen molar-refractivity contribution in [1.29, 1.82) is 0 Å². The molecule has 11 nitrogen and oxygen atoms in total. The molecule has 1 saturated heterocycles.